The maximum absolute atomic E-state index is 12.9. The number of fused-ring (bicyclic) bond motifs is 1. The zero-order valence-electron chi connectivity index (χ0n) is 17.0. The average molecular weight is 494 g/mol. The molecule has 0 atom stereocenters. The molecule has 33 heavy (non-hydrogen) atoms. The summed E-state index contributed by atoms with van der Waals surface area (Å²) in [4.78, 5) is 21.4. The molecule has 0 unspecified atom stereocenters. The fourth-order valence-corrected chi connectivity index (χ4v) is 4.34. The van der Waals surface area contributed by atoms with Gasteiger partial charge in [-0.15, -0.1) is 0 Å². The zero-order chi connectivity index (χ0) is 22.9. The molecule has 0 saturated carbocycles. The van der Waals surface area contributed by atoms with Crippen LogP contribution in [0.4, 0.5) is 0 Å². The molecule has 3 aromatic carbocycles. The molecule has 162 valence electrons. The van der Waals surface area contributed by atoms with Crippen LogP contribution in [0.2, 0.25) is 15.2 Å². The highest BCUT2D eigenvalue weighted by atomic mass is 35.5. The van der Waals surface area contributed by atoms with Gasteiger partial charge in [-0.1, -0.05) is 46.9 Å². The topological polar surface area (TPSA) is 60.7 Å². The van der Waals surface area contributed by atoms with Crippen LogP contribution in [-0.4, -0.2) is 25.5 Å². The Hall–Kier alpha value is -3.25. The van der Waals surface area contributed by atoms with Crippen molar-refractivity contribution in [3.63, 3.8) is 0 Å². The van der Waals surface area contributed by atoms with Crippen LogP contribution in [0.3, 0.4) is 0 Å². The van der Waals surface area contributed by atoms with Crippen molar-refractivity contribution in [3.8, 4) is 5.69 Å². The molecule has 0 amide bonds. The SMILES string of the molecule is O=C(c1ccc(Cl)cc1)c1ccc2nc(Cl)c(Cc3ccc(-n4cncn4)cc3)c(Cl)c2c1. The van der Waals surface area contributed by atoms with Crippen LogP contribution in [-0.2, 0) is 6.42 Å². The molecule has 5 rings (SSSR count). The number of aromatic nitrogens is 4. The Morgan fingerprint density at radius 1 is 0.879 bits per heavy atom. The molecule has 0 saturated heterocycles. The van der Waals surface area contributed by atoms with Crippen LogP contribution in [0.5, 0.6) is 0 Å². The molecule has 8 heteroatoms. The second-order valence-corrected chi connectivity index (χ2v) is 8.62. The van der Waals surface area contributed by atoms with Gasteiger partial charge in [0.1, 0.15) is 17.8 Å². The van der Waals surface area contributed by atoms with Crippen molar-refractivity contribution < 1.29 is 4.79 Å². The third kappa shape index (κ3) is 4.35. The van der Waals surface area contributed by atoms with Gasteiger partial charge in [0.2, 0.25) is 0 Å². The number of halogens is 3. The Morgan fingerprint density at radius 3 is 2.30 bits per heavy atom. The summed E-state index contributed by atoms with van der Waals surface area (Å²) in [6, 6.07) is 19.9. The molecule has 5 aromatic rings. The lowest BCUT2D eigenvalue weighted by molar-refractivity contribution is 0.103. The lowest BCUT2D eigenvalue weighted by Crippen LogP contribution is -2.02. The van der Waals surface area contributed by atoms with Crippen LogP contribution in [0.15, 0.2) is 79.4 Å². The summed E-state index contributed by atoms with van der Waals surface area (Å²) in [6.45, 7) is 0. The molecular weight excluding hydrogens is 479 g/mol. The predicted octanol–water partition coefficient (Wildman–Crippen LogP) is 6.60. The van der Waals surface area contributed by atoms with Crippen LogP contribution in [0.25, 0.3) is 16.6 Å². The van der Waals surface area contributed by atoms with E-state index in [1.54, 1.807) is 53.5 Å². The van der Waals surface area contributed by atoms with Gasteiger partial charge in [0, 0.05) is 33.5 Å². The number of carbonyl (C=O) groups is 1. The molecule has 0 aliphatic carbocycles. The molecule has 0 N–H and O–H groups in total. The van der Waals surface area contributed by atoms with Crippen molar-refractivity contribution in [1.29, 1.82) is 0 Å². The smallest absolute Gasteiger partial charge is 0.193 e. The first-order valence-electron chi connectivity index (χ1n) is 10.0. The maximum atomic E-state index is 12.9. The van der Waals surface area contributed by atoms with E-state index >= 15 is 0 Å². The summed E-state index contributed by atoms with van der Waals surface area (Å²) in [5.74, 6) is -0.121. The summed E-state index contributed by atoms with van der Waals surface area (Å²) < 4.78 is 1.68. The highest BCUT2D eigenvalue weighted by Gasteiger charge is 2.16. The van der Waals surface area contributed by atoms with E-state index in [0.717, 1.165) is 11.3 Å². The molecule has 0 radical (unpaired) electrons. The Morgan fingerprint density at radius 2 is 1.61 bits per heavy atom. The summed E-state index contributed by atoms with van der Waals surface area (Å²) in [5, 5.41) is 6.20. The Balaban J connectivity index is 1.49. The highest BCUT2D eigenvalue weighted by Crippen LogP contribution is 2.33. The normalized spacial score (nSPS) is 11.1. The number of benzene rings is 3. The lowest BCUT2D eigenvalue weighted by atomic mass is 9.99. The second kappa shape index (κ2) is 8.94. The van der Waals surface area contributed by atoms with Crippen LogP contribution >= 0.6 is 34.8 Å². The lowest BCUT2D eigenvalue weighted by Gasteiger charge is -2.12. The fraction of sp³-hybridized carbons (Fsp3) is 0.0400. The third-order valence-electron chi connectivity index (χ3n) is 5.33. The zero-order valence-corrected chi connectivity index (χ0v) is 19.3. The van der Waals surface area contributed by atoms with E-state index in [1.165, 1.54) is 6.33 Å². The first-order valence-corrected chi connectivity index (χ1v) is 11.1. The predicted molar refractivity (Wildman–Crippen MR) is 131 cm³/mol. The number of pyridine rings is 1. The molecule has 0 spiro atoms. The molecule has 2 aromatic heterocycles. The maximum Gasteiger partial charge on any atom is 0.193 e. The van der Waals surface area contributed by atoms with Gasteiger partial charge in [-0.05, 0) is 60.2 Å². The van der Waals surface area contributed by atoms with Gasteiger partial charge in [-0.3, -0.25) is 4.79 Å². The first-order chi connectivity index (χ1) is 16.0. The first kappa shape index (κ1) is 21.6. The van der Waals surface area contributed by atoms with E-state index in [-0.39, 0.29) is 5.78 Å². The molecule has 0 aliphatic heterocycles. The van der Waals surface area contributed by atoms with Crippen molar-refractivity contribution in [2.45, 2.75) is 6.42 Å². The monoisotopic (exact) mass is 492 g/mol. The Bertz CT molecular complexity index is 1470. The van der Waals surface area contributed by atoms with Crippen molar-refractivity contribution in [2.75, 3.05) is 0 Å². The van der Waals surface area contributed by atoms with Gasteiger partial charge in [0.25, 0.3) is 0 Å². The van der Waals surface area contributed by atoms with Gasteiger partial charge in [0.15, 0.2) is 5.78 Å². The summed E-state index contributed by atoms with van der Waals surface area (Å²) in [6.07, 6.45) is 3.62. The largest absolute Gasteiger partial charge is 0.289 e. The van der Waals surface area contributed by atoms with E-state index in [9.17, 15) is 4.79 Å². The second-order valence-electron chi connectivity index (χ2n) is 7.45. The highest BCUT2D eigenvalue weighted by molar-refractivity contribution is 6.39. The number of rotatable bonds is 5. The van der Waals surface area contributed by atoms with E-state index in [1.807, 2.05) is 24.3 Å². The number of ketones is 1. The van der Waals surface area contributed by atoms with Crippen molar-refractivity contribution in [3.05, 3.63) is 117 Å². The molecule has 0 fully saturated rings. The average Bonchev–Trinajstić information content (AvgIpc) is 3.37. The van der Waals surface area contributed by atoms with Gasteiger partial charge < -0.3 is 0 Å². The number of hydrogen-bond donors (Lipinski definition) is 0. The number of nitrogens with zero attached hydrogens (tertiary/aromatic N) is 4. The van der Waals surface area contributed by atoms with E-state index in [2.05, 4.69) is 15.1 Å². The van der Waals surface area contributed by atoms with E-state index in [0.29, 0.717) is 49.2 Å². The van der Waals surface area contributed by atoms with Gasteiger partial charge in [-0.2, -0.15) is 5.10 Å². The van der Waals surface area contributed by atoms with Gasteiger partial charge in [0.05, 0.1) is 16.2 Å². The minimum absolute atomic E-state index is 0.121. The molecule has 5 nitrogen and oxygen atoms in total. The van der Waals surface area contributed by atoms with Crippen molar-refractivity contribution >= 4 is 51.5 Å². The van der Waals surface area contributed by atoms with Crippen LogP contribution in [0.1, 0.15) is 27.0 Å². The quantitative estimate of drug-likeness (QED) is 0.204. The Labute approximate surface area is 204 Å². The minimum atomic E-state index is -0.121. The minimum Gasteiger partial charge on any atom is -0.289 e. The van der Waals surface area contributed by atoms with E-state index < -0.39 is 0 Å². The molecule has 0 bridgehead atoms. The number of hydrogen-bond acceptors (Lipinski definition) is 4. The summed E-state index contributed by atoms with van der Waals surface area (Å²) in [7, 11) is 0. The van der Waals surface area contributed by atoms with Crippen LogP contribution < -0.4 is 0 Å². The van der Waals surface area contributed by atoms with Gasteiger partial charge in [-0.25, -0.2) is 14.6 Å². The van der Waals surface area contributed by atoms with E-state index in [4.69, 9.17) is 34.8 Å². The van der Waals surface area contributed by atoms with Gasteiger partial charge >= 0.3 is 0 Å². The molecule has 2 heterocycles. The Kier molecular flexibility index (Phi) is 5.85. The third-order valence-corrected chi connectivity index (χ3v) is 6.33. The fourth-order valence-electron chi connectivity index (χ4n) is 3.61. The molecule has 0 aliphatic rings. The van der Waals surface area contributed by atoms with Crippen LogP contribution in [0, 0.1) is 0 Å². The van der Waals surface area contributed by atoms with Crippen molar-refractivity contribution in [1.82, 2.24) is 19.7 Å². The number of carbonyl (C=O) groups excluding carboxylic acids is 1. The summed E-state index contributed by atoms with van der Waals surface area (Å²) >= 11 is 19.2. The summed E-state index contributed by atoms with van der Waals surface area (Å²) in [5.41, 5.74) is 4.30. The van der Waals surface area contributed by atoms with Crippen molar-refractivity contribution in [2.24, 2.45) is 0 Å². The molecular formula is C25H15Cl3N4O. The standard InChI is InChI=1S/C25H15Cl3N4O/c26-18-6-3-16(4-7-18)24(33)17-5-10-22-20(12-17)23(27)21(25(28)31-22)11-15-1-8-19(9-2-15)32-14-29-13-30-32/h1-10,12-14H,11H2.